The van der Waals surface area contributed by atoms with Gasteiger partial charge in [0.2, 0.25) is 0 Å². The van der Waals surface area contributed by atoms with Gasteiger partial charge in [0.05, 0.1) is 5.39 Å². The molecule has 0 radical (unpaired) electrons. The number of hydrogen-bond donors (Lipinski definition) is 1. The van der Waals surface area contributed by atoms with Gasteiger partial charge in [-0.1, -0.05) is 52.5 Å². The summed E-state index contributed by atoms with van der Waals surface area (Å²) in [7, 11) is 0. The van der Waals surface area contributed by atoms with Crippen molar-refractivity contribution in [2.75, 3.05) is 0 Å². The van der Waals surface area contributed by atoms with Crippen LogP contribution in [0.4, 0.5) is 0 Å². The Bertz CT molecular complexity index is 924. The van der Waals surface area contributed by atoms with Crippen LogP contribution in [0, 0.1) is 5.92 Å². The number of aromatic hydroxyl groups is 1. The fourth-order valence-corrected chi connectivity index (χ4v) is 4.23. The van der Waals surface area contributed by atoms with Gasteiger partial charge in [-0.15, -0.1) is 11.3 Å². The standard InChI is InChI=1S/C22H26O3S/c1-4-5-6-8-14(2)15(3)16-11-18(23)22-17(20-9-7-10-26-20)13-21(24)25-19(22)12-16/h7,9-15,23H,4-6,8H2,1-3H3. The smallest absolute Gasteiger partial charge is 0.336 e. The molecule has 3 rings (SSSR count). The van der Waals surface area contributed by atoms with Gasteiger partial charge in [0.1, 0.15) is 11.3 Å². The van der Waals surface area contributed by atoms with Crippen molar-refractivity contribution >= 4 is 22.3 Å². The molecule has 2 heterocycles. The maximum atomic E-state index is 12.1. The summed E-state index contributed by atoms with van der Waals surface area (Å²) in [6, 6.07) is 9.11. The van der Waals surface area contributed by atoms with E-state index in [-0.39, 0.29) is 17.3 Å². The van der Waals surface area contributed by atoms with Crippen molar-refractivity contribution in [1.82, 2.24) is 0 Å². The molecule has 2 aromatic heterocycles. The third kappa shape index (κ3) is 3.85. The minimum atomic E-state index is -0.388. The average molecular weight is 371 g/mol. The maximum Gasteiger partial charge on any atom is 0.336 e. The Morgan fingerprint density at radius 1 is 1.19 bits per heavy atom. The Balaban J connectivity index is 2.02. The highest BCUT2D eigenvalue weighted by Gasteiger charge is 2.19. The normalized spacial score (nSPS) is 13.8. The first-order chi connectivity index (χ1) is 12.5. The van der Waals surface area contributed by atoms with Crippen LogP contribution in [-0.2, 0) is 0 Å². The monoisotopic (exact) mass is 370 g/mol. The van der Waals surface area contributed by atoms with E-state index in [0.717, 1.165) is 22.4 Å². The summed E-state index contributed by atoms with van der Waals surface area (Å²) in [6.07, 6.45) is 4.85. The molecule has 3 nitrogen and oxygen atoms in total. The molecule has 4 heteroatoms. The van der Waals surface area contributed by atoms with Gasteiger partial charge in [0, 0.05) is 16.5 Å². The number of hydrogen-bond acceptors (Lipinski definition) is 4. The number of phenols is 1. The van der Waals surface area contributed by atoms with Gasteiger partial charge in [-0.2, -0.15) is 0 Å². The molecule has 0 amide bonds. The van der Waals surface area contributed by atoms with Gasteiger partial charge in [-0.05, 0) is 41.0 Å². The van der Waals surface area contributed by atoms with Crippen molar-refractivity contribution in [2.24, 2.45) is 5.92 Å². The van der Waals surface area contributed by atoms with Gasteiger partial charge in [0.15, 0.2) is 0 Å². The van der Waals surface area contributed by atoms with Crippen LogP contribution >= 0.6 is 11.3 Å². The number of phenolic OH excluding ortho intramolecular Hbond substituents is 1. The van der Waals surface area contributed by atoms with E-state index >= 15 is 0 Å². The van der Waals surface area contributed by atoms with Crippen molar-refractivity contribution in [2.45, 2.75) is 52.4 Å². The zero-order valence-corrected chi connectivity index (χ0v) is 16.4. The molecular formula is C22H26O3S. The molecular weight excluding hydrogens is 344 g/mol. The largest absolute Gasteiger partial charge is 0.507 e. The van der Waals surface area contributed by atoms with Gasteiger partial charge in [0.25, 0.3) is 0 Å². The van der Waals surface area contributed by atoms with Crippen molar-refractivity contribution in [3.63, 3.8) is 0 Å². The van der Waals surface area contributed by atoms with E-state index in [9.17, 15) is 9.90 Å². The first-order valence-corrected chi connectivity index (χ1v) is 10.2. The molecule has 26 heavy (non-hydrogen) atoms. The summed E-state index contributed by atoms with van der Waals surface area (Å²) in [6.45, 7) is 6.64. The molecule has 0 aliphatic heterocycles. The molecule has 0 fully saturated rings. The predicted octanol–water partition coefficient (Wildman–Crippen LogP) is 6.55. The summed E-state index contributed by atoms with van der Waals surface area (Å²) in [5, 5.41) is 13.3. The van der Waals surface area contributed by atoms with Gasteiger partial charge < -0.3 is 9.52 Å². The fraction of sp³-hybridized carbons (Fsp3) is 0.409. The van der Waals surface area contributed by atoms with E-state index in [1.807, 2.05) is 29.6 Å². The molecule has 0 saturated carbocycles. The lowest BCUT2D eigenvalue weighted by atomic mass is 9.85. The third-order valence-corrected chi connectivity index (χ3v) is 6.18. The maximum absolute atomic E-state index is 12.1. The summed E-state index contributed by atoms with van der Waals surface area (Å²) in [5.74, 6) is 0.973. The topological polar surface area (TPSA) is 50.4 Å². The fourth-order valence-electron chi connectivity index (χ4n) is 3.48. The lowest BCUT2D eigenvalue weighted by Gasteiger charge is -2.21. The van der Waals surface area contributed by atoms with Crippen LogP contribution in [0.2, 0.25) is 0 Å². The van der Waals surface area contributed by atoms with Crippen molar-refractivity contribution in [3.05, 3.63) is 51.7 Å². The highest BCUT2D eigenvalue weighted by molar-refractivity contribution is 7.13. The van der Waals surface area contributed by atoms with E-state index in [1.54, 1.807) is 11.3 Å². The lowest BCUT2D eigenvalue weighted by molar-refractivity contribution is 0.427. The zero-order valence-electron chi connectivity index (χ0n) is 15.6. The molecule has 2 unspecified atom stereocenters. The summed E-state index contributed by atoms with van der Waals surface area (Å²) < 4.78 is 5.44. The molecule has 0 aliphatic rings. The number of fused-ring (bicyclic) bond motifs is 1. The molecule has 0 aliphatic carbocycles. The van der Waals surface area contributed by atoms with E-state index in [0.29, 0.717) is 16.9 Å². The highest BCUT2D eigenvalue weighted by atomic mass is 32.1. The van der Waals surface area contributed by atoms with Crippen LogP contribution in [0.15, 0.2) is 44.9 Å². The zero-order chi connectivity index (χ0) is 18.7. The number of rotatable bonds is 7. The van der Waals surface area contributed by atoms with Crippen LogP contribution in [0.25, 0.3) is 21.4 Å². The average Bonchev–Trinajstić information content (AvgIpc) is 3.14. The molecule has 1 N–H and O–H groups in total. The van der Waals surface area contributed by atoms with Crippen LogP contribution in [0.3, 0.4) is 0 Å². The van der Waals surface area contributed by atoms with E-state index in [1.165, 1.54) is 25.3 Å². The Hall–Kier alpha value is -2.07. The second-order valence-electron chi connectivity index (χ2n) is 7.13. The highest BCUT2D eigenvalue weighted by Crippen LogP contribution is 2.39. The number of unbranched alkanes of at least 4 members (excludes halogenated alkanes) is 2. The predicted molar refractivity (Wildman–Crippen MR) is 109 cm³/mol. The molecule has 2 atom stereocenters. The molecule has 138 valence electrons. The van der Waals surface area contributed by atoms with Crippen LogP contribution in [0.5, 0.6) is 5.75 Å². The van der Waals surface area contributed by atoms with Crippen LogP contribution in [-0.4, -0.2) is 5.11 Å². The molecule has 1 aromatic carbocycles. The van der Waals surface area contributed by atoms with E-state index in [4.69, 9.17) is 4.42 Å². The van der Waals surface area contributed by atoms with Gasteiger partial charge >= 0.3 is 5.63 Å². The van der Waals surface area contributed by atoms with Crippen LogP contribution < -0.4 is 5.63 Å². The van der Waals surface area contributed by atoms with E-state index in [2.05, 4.69) is 20.8 Å². The van der Waals surface area contributed by atoms with Gasteiger partial charge in [-0.3, -0.25) is 0 Å². The minimum absolute atomic E-state index is 0.178. The Kier molecular flexibility index (Phi) is 5.82. The Morgan fingerprint density at radius 2 is 2.00 bits per heavy atom. The van der Waals surface area contributed by atoms with Crippen molar-refractivity contribution in [3.8, 4) is 16.2 Å². The van der Waals surface area contributed by atoms with Gasteiger partial charge in [-0.25, -0.2) is 4.79 Å². The third-order valence-electron chi connectivity index (χ3n) is 5.27. The molecule has 3 aromatic rings. The first-order valence-electron chi connectivity index (χ1n) is 9.36. The Morgan fingerprint density at radius 3 is 2.69 bits per heavy atom. The summed E-state index contributed by atoms with van der Waals surface area (Å²) >= 11 is 1.54. The summed E-state index contributed by atoms with van der Waals surface area (Å²) in [5.41, 5.74) is 1.83. The molecule has 0 saturated heterocycles. The van der Waals surface area contributed by atoms with Crippen LogP contribution in [0.1, 0.15) is 57.9 Å². The molecule has 0 bridgehead atoms. The number of thiophene rings is 1. The first kappa shape index (κ1) is 18.7. The minimum Gasteiger partial charge on any atom is -0.507 e. The second-order valence-corrected chi connectivity index (χ2v) is 8.08. The summed E-state index contributed by atoms with van der Waals surface area (Å²) in [4.78, 5) is 13.0. The lowest BCUT2D eigenvalue weighted by Crippen LogP contribution is -2.07. The molecule has 0 spiro atoms. The Labute approximate surface area is 158 Å². The quantitative estimate of drug-likeness (QED) is 0.379. The van der Waals surface area contributed by atoms with Crippen molar-refractivity contribution in [1.29, 1.82) is 0 Å². The number of benzene rings is 1. The van der Waals surface area contributed by atoms with E-state index < -0.39 is 0 Å². The SMILES string of the molecule is CCCCCC(C)C(C)c1cc(O)c2c(-c3cccs3)cc(=O)oc2c1. The van der Waals surface area contributed by atoms with Crippen molar-refractivity contribution < 1.29 is 9.52 Å². The second kappa shape index (κ2) is 8.09.